The van der Waals surface area contributed by atoms with E-state index < -0.39 is 130 Å². The van der Waals surface area contributed by atoms with E-state index in [4.69, 9.17) is 30.8 Å². The third-order valence-corrected chi connectivity index (χ3v) is 25.4. The van der Waals surface area contributed by atoms with Crippen LogP contribution in [0.5, 0.6) is 6.01 Å². The number of carbonyl (C=O) groups excluding carboxylic acids is 7. The third kappa shape index (κ3) is 18.7. The van der Waals surface area contributed by atoms with E-state index in [9.17, 15) is 55.5 Å². The van der Waals surface area contributed by atoms with Gasteiger partial charge in [-0.25, -0.2) is 31.4 Å². The van der Waals surface area contributed by atoms with E-state index in [0.29, 0.717) is 81.7 Å². The van der Waals surface area contributed by atoms with E-state index in [1.54, 1.807) is 55.4 Å². The number of hydrogen-bond acceptors (Lipinski definition) is 18. The number of amides is 7. The van der Waals surface area contributed by atoms with Gasteiger partial charge in [0.1, 0.15) is 40.5 Å². The van der Waals surface area contributed by atoms with Gasteiger partial charge in [-0.2, -0.15) is 4.98 Å². The highest BCUT2D eigenvalue weighted by Crippen LogP contribution is 2.49. The molecule has 10 atom stereocenters. The molecule has 572 valence electrons. The number of aliphatic hydroxyl groups excluding tert-OH is 1. The fourth-order valence-corrected chi connectivity index (χ4v) is 17.1. The van der Waals surface area contributed by atoms with Gasteiger partial charge in [-0.1, -0.05) is 74.3 Å². The maximum atomic E-state index is 14.5. The quantitative estimate of drug-likeness (QED) is 0.0649. The Morgan fingerprint density at radius 3 is 1.62 bits per heavy atom. The molecule has 2 aromatic heterocycles. The maximum Gasteiger partial charge on any atom is 0.408 e. The second-order valence-corrected chi connectivity index (χ2v) is 37.2. The zero-order valence-corrected chi connectivity index (χ0v) is 64.5. The number of ether oxygens (including phenoxy) is 3. The monoisotopic (exact) mass is 1500 g/mol. The van der Waals surface area contributed by atoms with Gasteiger partial charge in [0.25, 0.3) is 17.8 Å². The number of allylic oxidation sites excluding steroid dienone is 2. The van der Waals surface area contributed by atoms with E-state index in [0.717, 1.165) is 60.6 Å². The van der Waals surface area contributed by atoms with E-state index >= 15 is 0 Å². The molecule has 4 aliphatic heterocycles. The fraction of sp³-hybridized carbons (Fsp3) is 0.662. The predicted molar refractivity (Wildman–Crippen MR) is 394 cm³/mol. The first-order valence-electron chi connectivity index (χ1n) is 36.9. The number of sulfonamides is 2. The first-order chi connectivity index (χ1) is 48.8. The standard InChI is InChI=1S/C37H52N6O8S.C27H44N4O7S.C10H11ClN2/c1-23(2)43-28-17-13-12-15-26(28)38-33(43)50-25-20-29-30(44)40-37(32(46)41-52(48,49)36(6)18-19-36)21-24(37)14-10-8-7-9-11-16-27(31(45)42(29)22-25)39-34(47)51-35(3,4)5;1-25(2,3)38-24(35)28-19-11-9-7-5-6-8-10-18-15-27(18,23(34)30-39(36,37)26(4)12-13-26)29-22(33)21-14-20(32)17-31(21)16-19;1-7(2)13-9-6-4-3-5-8(9)12-10(13)11/h10,12-15,17,23-25,27,29H,7-9,11,16,18-22H2,1-6H3,(H,39,47)(H,40,44)(H,41,46);8,10,18-21,32H,5-7,9,11-17H2,1-4H3,(H,28,35)(H,29,33)(H,30,34);3-7H,1-2H3/b14-10-;10-8-;/t24-,25-,27+,29+,37-;18-,19+,20-,21+,27-;/m11./s1. The smallest absolute Gasteiger partial charge is 0.408 e. The summed E-state index contributed by atoms with van der Waals surface area (Å²) in [6.07, 6.45) is 15.2. The fourth-order valence-electron chi connectivity index (χ4n) is 14.1. The van der Waals surface area contributed by atoms with E-state index in [1.165, 1.54) is 4.90 Å². The minimum absolute atomic E-state index is 0.00555. The van der Waals surface area contributed by atoms with Gasteiger partial charge in [0.15, 0.2) is 0 Å². The highest BCUT2D eigenvalue weighted by molar-refractivity contribution is 7.92. The van der Waals surface area contributed by atoms with E-state index in [1.807, 2.05) is 101 Å². The molecular weight excluding hydrogens is 1400 g/mol. The van der Waals surface area contributed by atoms with Crippen LogP contribution in [0.1, 0.15) is 211 Å². The maximum absolute atomic E-state index is 14.5. The van der Waals surface area contributed by atoms with Crippen LogP contribution in [-0.2, 0) is 53.5 Å². The Balaban J connectivity index is 0.000000195. The molecule has 4 aliphatic carbocycles. The van der Waals surface area contributed by atoms with Crippen LogP contribution >= 0.6 is 11.6 Å². The van der Waals surface area contributed by atoms with Crippen molar-refractivity contribution >= 4 is 95.4 Å². The van der Waals surface area contributed by atoms with Gasteiger partial charge in [0.2, 0.25) is 43.1 Å². The number of benzene rings is 2. The van der Waals surface area contributed by atoms with Crippen molar-refractivity contribution in [1.82, 2.24) is 59.6 Å². The number of hydrogen-bond donors (Lipinski definition) is 7. The molecule has 12 rings (SSSR count). The molecule has 0 spiro atoms. The number of nitrogens with one attached hydrogen (secondary N) is 6. The minimum Gasteiger partial charge on any atom is -0.459 e. The average molecular weight is 1500 g/mol. The van der Waals surface area contributed by atoms with Crippen molar-refractivity contribution in [3.8, 4) is 6.01 Å². The molecule has 7 amide bonds. The summed E-state index contributed by atoms with van der Waals surface area (Å²) in [6.45, 7) is 22.6. The van der Waals surface area contributed by atoms with Gasteiger partial charge in [-0.3, -0.25) is 42.9 Å². The normalized spacial score (nSPS) is 28.5. The predicted octanol–water partition coefficient (Wildman–Crippen LogP) is 9.23. The summed E-state index contributed by atoms with van der Waals surface area (Å²) in [5, 5.41) is 22.5. The summed E-state index contributed by atoms with van der Waals surface area (Å²) in [5.41, 5.74) is -0.613. The summed E-state index contributed by atoms with van der Waals surface area (Å²) < 4.78 is 75.8. The van der Waals surface area contributed by atoms with Crippen molar-refractivity contribution in [2.24, 2.45) is 11.8 Å². The van der Waals surface area contributed by atoms with Gasteiger partial charge in [0.05, 0.1) is 50.3 Å². The Morgan fingerprint density at radius 2 is 1.11 bits per heavy atom. The van der Waals surface area contributed by atoms with Crippen LogP contribution in [0.15, 0.2) is 72.8 Å². The second-order valence-electron chi connectivity index (χ2n) is 32.5. The molecule has 0 unspecified atom stereocenters. The molecule has 4 aromatic rings. The topological polar surface area (TPSA) is 350 Å². The largest absolute Gasteiger partial charge is 0.459 e. The molecule has 27 nitrogen and oxygen atoms in total. The zero-order valence-electron chi connectivity index (χ0n) is 62.1. The Bertz CT molecular complexity index is 4160. The highest BCUT2D eigenvalue weighted by atomic mass is 35.5. The Morgan fingerprint density at radius 1 is 0.625 bits per heavy atom. The van der Waals surface area contributed by atoms with Crippen molar-refractivity contribution in [2.45, 2.75) is 279 Å². The molecular formula is C74H107ClN12O15S2. The molecule has 104 heavy (non-hydrogen) atoms. The summed E-state index contributed by atoms with van der Waals surface area (Å²) in [6, 6.07) is 13.2. The van der Waals surface area contributed by atoms with Crippen molar-refractivity contribution in [3.63, 3.8) is 0 Å². The second kappa shape index (κ2) is 31.2. The van der Waals surface area contributed by atoms with Crippen LogP contribution in [0.3, 0.4) is 0 Å². The summed E-state index contributed by atoms with van der Waals surface area (Å²) in [5.74, 6) is -3.74. The van der Waals surface area contributed by atoms with Crippen LogP contribution in [0.4, 0.5) is 9.59 Å². The lowest BCUT2D eigenvalue weighted by Gasteiger charge is -2.30. The van der Waals surface area contributed by atoms with Gasteiger partial charge < -0.3 is 50.1 Å². The Kier molecular flexibility index (Phi) is 23.8. The van der Waals surface area contributed by atoms with Crippen molar-refractivity contribution in [3.05, 3.63) is 78.1 Å². The number of imidazole rings is 2. The molecule has 0 bridgehead atoms. The van der Waals surface area contributed by atoms with Gasteiger partial charge in [-0.15, -0.1) is 0 Å². The lowest BCUT2D eigenvalue weighted by Crippen LogP contribution is -2.58. The molecule has 4 saturated carbocycles. The van der Waals surface area contributed by atoms with Crippen LogP contribution < -0.4 is 35.4 Å². The SMILES string of the molecule is CC(C)(C)OC(=O)N[C@H]1CCCCC/C=C\[C@@H]2C[C@@]2(C(=O)NS(=O)(=O)C2(C)CC2)NC(=O)[C@@H]2C[C@@H](O)CN2C1.CC(C)n1c(Cl)nc2ccccc21.CC(C)n1c(O[C@@H]2C[C@H]3C(=O)N[C@]4(C(=O)NS(=O)(=O)C5(C)CC5)C[C@H]4/C=C\CCCCC[C@H](NC(=O)OC(C)(C)C)C(=O)N3C2)nc2ccccc21. The number of rotatable bonds is 12. The highest BCUT2D eigenvalue weighted by Gasteiger charge is 2.65. The number of aliphatic hydroxyl groups is 1. The Labute approximate surface area is 616 Å². The first-order valence-corrected chi connectivity index (χ1v) is 40.2. The van der Waals surface area contributed by atoms with Crippen molar-refractivity contribution < 1.29 is 69.7 Å². The molecule has 7 N–H and O–H groups in total. The number of para-hydroxylation sites is 4. The molecule has 8 aliphatic rings. The number of halogens is 1. The van der Waals surface area contributed by atoms with E-state index in [2.05, 4.69) is 49.5 Å². The minimum atomic E-state index is -3.97. The Hall–Kier alpha value is -7.34. The van der Waals surface area contributed by atoms with Gasteiger partial charge >= 0.3 is 12.2 Å². The summed E-state index contributed by atoms with van der Waals surface area (Å²) >= 11 is 6.01. The number of nitrogens with zero attached hydrogens (tertiary/aromatic N) is 6. The van der Waals surface area contributed by atoms with Crippen LogP contribution in [0, 0.1) is 11.8 Å². The lowest BCUT2D eigenvalue weighted by atomic mass is 10.0. The van der Waals surface area contributed by atoms with E-state index in [-0.39, 0.29) is 50.4 Å². The molecule has 6 heterocycles. The molecule has 30 heteroatoms. The molecule has 6 fully saturated rings. The van der Waals surface area contributed by atoms with Crippen LogP contribution in [0.2, 0.25) is 5.28 Å². The van der Waals surface area contributed by atoms with Crippen LogP contribution in [-0.4, -0.2) is 180 Å². The summed E-state index contributed by atoms with van der Waals surface area (Å²) in [7, 11) is -7.84. The van der Waals surface area contributed by atoms with Crippen molar-refractivity contribution in [2.75, 3.05) is 19.6 Å². The first kappa shape index (κ1) is 79.2. The zero-order chi connectivity index (χ0) is 75.7. The van der Waals surface area contributed by atoms with Crippen molar-refractivity contribution in [1.29, 1.82) is 0 Å². The van der Waals surface area contributed by atoms with Gasteiger partial charge in [-0.05, 0) is 202 Å². The molecule has 2 aromatic carbocycles. The number of fused-ring (bicyclic) bond motifs is 6. The third-order valence-electron chi connectivity index (χ3n) is 20.8. The number of aromatic nitrogens is 4. The summed E-state index contributed by atoms with van der Waals surface area (Å²) in [4.78, 5) is 107. The number of alkyl carbamates (subject to hydrolysis) is 2. The van der Waals surface area contributed by atoms with Gasteiger partial charge in [0, 0.05) is 49.5 Å². The lowest BCUT2D eigenvalue weighted by molar-refractivity contribution is -0.141. The number of carbonyl (C=O) groups is 7. The average Bonchev–Trinajstić information content (AvgIpc) is 1.57. The molecule has 0 radical (unpaired) electrons. The molecule has 2 saturated heterocycles. The van der Waals surface area contributed by atoms with Crippen LogP contribution in [0.25, 0.3) is 22.1 Å².